The molecular weight excluding hydrogens is 743 g/mol. The standard InChI is InChI=1S/C41H36Cl2N6O6/c1-5-40(52,6-2)38(51)45-24-16-18-13-14-25-22(15-18)41-21-11-7-10-20(29(21)48-39(41)53-25)19-9-8-12-23-26(19)27(33(42)44-23)31-34(43)49-37(54-31)30-32(41)55-36(47-30)28(17(3)4)46-35(24)50/h7-15,17,24,28,39,44,48,52H,5-6,16H2,1-4H3,(H,45,51)(H,46,50)/t24-,28-,39?,41-/m0/s1. The van der Waals surface area contributed by atoms with Gasteiger partial charge in [0.15, 0.2) is 28.6 Å². The second-order valence-corrected chi connectivity index (χ2v) is 15.9. The van der Waals surface area contributed by atoms with Crippen molar-refractivity contribution < 1.29 is 28.3 Å². The molecule has 280 valence electrons. The topological polar surface area (TPSA) is 168 Å². The maximum absolute atomic E-state index is 14.3. The Bertz CT molecular complexity index is 2620. The van der Waals surface area contributed by atoms with E-state index in [4.69, 9.17) is 46.7 Å². The first kappa shape index (κ1) is 34.2. The van der Waals surface area contributed by atoms with Gasteiger partial charge in [0, 0.05) is 39.7 Å². The first-order chi connectivity index (χ1) is 26.5. The summed E-state index contributed by atoms with van der Waals surface area (Å²) < 4.78 is 20.4. The van der Waals surface area contributed by atoms with Gasteiger partial charge >= 0.3 is 0 Å². The van der Waals surface area contributed by atoms with Crippen LogP contribution in [0.2, 0.25) is 10.3 Å². The molecule has 1 spiro atoms. The van der Waals surface area contributed by atoms with Crippen molar-refractivity contribution in [1.29, 1.82) is 0 Å². The predicted molar refractivity (Wildman–Crippen MR) is 206 cm³/mol. The van der Waals surface area contributed by atoms with Crippen LogP contribution in [-0.4, -0.2) is 49.7 Å². The summed E-state index contributed by atoms with van der Waals surface area (Å²) >= 11 is 13.9. The van der Waals surface area contributed by atoms with Gasteiger partial charge in [-0.1, -0.05) is 93.4 Å². The number of rotatable bonds is 5. The molecule has 3 aromatic heterocycles. The Labute approximate surface area is 325 Å². The zero-order valence-corrected chi connectivity index (χ0v) is 31.8. The lowest BCUT2D eigenvalue weighted by molar-refractivity contribution is -0.143. The van der Waals surface area contributed by atoms with Crippen LogP contribution in [-0.2, 0) is 21.4 Å². The Balaban J connectivity index is 1.29. The molecule has 5 N–H and O–H groups in total. The maximum Gasteiger partial charge on any atom is 0.252 e. The second kappa shape index (κ2) is 11.8. The number of amides is 2. The molecule has 2 amide bonds. The van der Waals surface area contributed by atoms with Crippen molar-refractivity contribution in [3.8, 4) is 39.8 Å². The van der Waals surface area contributed by atoms with E-state index >= 15 is 0 Å². The Kier molecular flexibility index (Phi) is 7.37. The van der Waals surface area contributed by atoms with Gasteiger partial charge in [-0.25, -0.2) is 4.98 Å². The molecule has 0 radical (unpaired) electrons. The monoisotopic (exact) mass is 778 g/mol. The van der Waals surface area contributed by atoms with Gasteiger partial charge in [0.1, 0.15) is 34.0 Å². The third kappa shape index (κ3) is 4.62. The lowest BCUT2D eigenvalue weighted by Crippen LogP contribution is -2.55. The number of aliphatic hydroxyl groups is 1. The van der Waals surface area contributed by atoms with Crippen LogP contribution in [0.4, 0.5) is 5.69 Å². The van der Waals surface area contributed by atoms with Crippen LogP contribution in [0, 0.1) is 5.92 Å². The molecule has 10 rings (SSSR count). The summed E-state index contributed by atoms with van der Waals surface area (Å²) in [5.41, 5.74) is 3.86. The van der Waals surface area contributed by atoms with Crippen LogP contribution in [0.5, 0.6) is 5.75 Å². The van der Waals surface area contributed by atoms with E-state index in [-0.39, 0.29) is 53.6 Å². The molecular formula is C41H36Cl2N6O6. The van der Waals surface area contributed by atoms with Crippen molar-refractivity contribution in [2.24, 2.45) is 5.92 Å². The molecule has 7 heterocycles. The van der Waals surface area contributed by atoms with Crippen LogP contribution in [0.25, 0.3) is 44.9 Å². The molecule has 0 aliphatic carbocycles. The van der Waals surface area contributed by atoms with Gasteiger partial charge in [-0.3, -0.25) is 9.59 Å². The zero-order valence-electron chi connectivity index (χ0n) is 30.3. The number of oxazole rings is 2. The van der Waals surface area contributed by atoms with Crippen LogP contribution in [0.15, 0.2) is 63.4 Å². The van der Waals surface area contributed by atoms with E-state index in [1.54, 1.807) is 13.8 Å². The number of benzene rings is 3. The molecule has 12 nitrogen and oxygen atoms in total. The first-order valence-electron chi connectivity index (χ1n) is 18.5. The number of ether oxygens (including phenoxy) is 1. The minimum absolute atomic E-state index is 0.0877. The number of halogens is 2. The average Bonchev–Trinajstić information content (AvgIpc) is 3.97. The van der Waals surface area contributed by atoms with Crippen LogP contribution >= 0.6 is 23.2 Å². The summed E-state index contributed by atoms with van der Waals surface area (Å²) in [6.45, 7) is 7.37. The van der Waals surface area contributed by atoms with Crippen molar-refractivity contribution >= 4 is 51.6 Å². The minimum Gasteiger partial charge on any atom is -0.469 e. The summed E-state index contributed by atoms with van der Waals surface area (Å²) in [6.07, 6.45) is -0.195. The first-order valence-corrected chi connectivity index (χ1v) is 19.2. The van der Waals surface area contributed by atoms with Gasteiger partial charge in [0.05, 0.1) is 5.56 Å². The lowest BCUT2D eigenvalue weighted by atomic mass is 9.72. The number of hydrogen-bond donors (Lipinski definition) is 5. The molecule has 4 aliphatic rings. The zero-order chi connectivity index (χ0) is 38.1. The predicted octanol–water partition coefficient (Wildman–Crippen LogP) is 7.65. The van der Waals surface area contributed by atoms with Crippen LogP contribution in [0.1, 0.15) is 74.9 Å². The number of carbonyl (C=O) groups is 2. The highest BCUT2D eigenvalue weighted by molar-refractivity contribution is 6.37. The number of nitrogens with zero attached hydrogens (tertiary/aromatic N) is 2. The van der Waals surface area contributed by atoms with Gasteiger partial charge in [0.25, 0.3) is 11.8 Å². The fourth-order valence-corrected chi connectivity index (χ4v) is 9.31. The van der Waals surface area contributed by atoms with E-state index in [0.717, 1.165) is 44.4 Å². The number of H-pyrrole nitrogens is 1. The lowest BCUT2D eigenvalue weighted by Gasteiger charge is -2.30. The number of anilines is 1. The number of hydrogen-bond acceptors (Lipinski definition) is 9. The highest BCUT2D eigenvalue weighted by Gasteiger charge is 2.62. The Morgan fingerprint density at radius 3 is 2.60 bits per heavy atom. The fourth-order valence-electron chi connectivity index (χ4n) is 8.82. The molecule has 6 aromatic rings. The number of aromatic amines is 1. The Hall–Kier alpha value is -5.30. The molecule has 0 saturated carbocycles. The molecule has 55 heavy (non-hydrogen) atoms. The van der Waals surface area contributed by atoms with Gasteiger partial charge in [-0.15, -0.1) is 0 Å². The number of fused-ring (bicyclic) bond motifs is 7. The number of carbonyl (C=O) groups excluding carboxylic acids is 2. The highest BCUT2D eigenvalue weighted by Crippen LogP contribution is 2.62. The Morgan fingerprint density at radius 2 is 1.82 bits per heavy atom. The summed E-state index contributed by atoms with van der Waals surface area (Å²) in [6, 6.07) is 16.0. The number of para-hydroxylation sites is 1. The fraction of sp³-hybridized carbons (Fsp3) is 0.317. The van der Waals surface area contributed by atoms with E-state index in [9.17, 15) is 14.7 Å². The van der Waals surface area contributed by atoms with Crippen LogP contribution < -0.4 is 20.7 Å². The van der Waals surface area contributed by atoms with Crippen molar-refractivity contribution in [3.63, 3.8) is 0 Å². The van der Waals surface area contributed by atoms with Gasteiger partial charge in [-0.05, 0) is 42.0 Å². The SMILES string of the molecule is CCC(O)(CC)C(=O)N[C@H]1Cc2ccc3c(c2)[C@]24c5cccc(c5NC2O3)-c2cccc3[nH]c(Cl)c(c23)-c2oc(nc2Cl)-c2nc(oc24)[C@H](C(C)C)NC1=O. The molecule has 1 unspecified atom stereocenters. The van der Waals surface area contributed by atoms with E-state index in [2.05, 4.69) is 27.0 Å². The maximum atomic E-state index is 14.3. The summed E-state index contributed by atoms with van der Waals surface area (Å²) in [5.74, 6) is 0.283. The van der Waals surface area contributed by atoms with E-state index < -0.39 is 41.1 Å². The number of nitrogens with one attached hydrogen (secondary N) is 4. The van der Waals surface area contributed by atoms with Gasteiger partial charge in [0.2, 0.25) is 11.8 Å². The molecule has 10 bridgehead atoms. The second-order valence-electron chi connectivity index (χ2n) is 15.1. The largest absolute Gasteiger partial charge is 0.469 e. The smallest absolute Gasteiger partial charge is 0.252 e. The van der Waals surface area contributed by atoms with Crippen molar-refractivity contribution in [1.82, 2.24) is 25.6 Å². The number of aromatic nitrogens is 3. The summed E-state index contributed by atoms with van der Waals surface area (Å²) in [7, 11) is 0. The quantitative estimate of drug-likeness (QED) is 0.118. The average molecular weight is 780 g/mol. The summed E-state index contributed by atoms with van der Waals surface area (Å²) in [4.78, 5) is 41.0. The normalized spacial score (nSPS) is 21.7. The van der Waals surface area contributed by atoms with Crippen molar-refractivity contribution in [3.05, 3.63) is 93.2 Å². The highest BCUT2D eigenvalue weighted by atomic mass is 35.5. The van der Waals surface area contributed by atoms with E-state index in [1.807, 2.05) is 62.4 Å². The van der Waals surface area contributed by atoms with Crippen LogP contribution in [0.3, 0.4) is 0 Å². The van der Waals surface area contributed by atoms with Gasteiger partial charge < -0.3 is 39.6 Å². The van der Waals surface area contributed by atoms with Gasteiger partial charge in [-0.2, -0.15) is 4.98 Å². The third-order valence-electron chi connectivity index (χ3n) is 11.8. The van der Waals surface area contributed by atoms with E-state index in [1.165, 1.54) is 0 Å². The Morgan fingerprint density at radius 1 is 1.04 bits per heavy atom. The molecule has 4 aliphatic heterocycles. The van der Waals surface area contributed by atoms with Crippen molar-refractivity contribution in [2.75, 3.05) is 5.32 Å². The summed E-state index contributed by atoms with van der Waals surface area (Å²) in [5, 5.41) is 22.1. The molecule has 0 fully saturated rings. The van der Waals surface area contributed by atoms with E-state index in [0.29, 0.717) is 22.2 Å². The minimum atomic E-state index is -1.64. The molecule has 4 atom stereocenters. The molecule has 3 aromatic carbocycles. The third-order valence-corrected chi connectivity index (χ3v) is 12.4. The molecule has 14 heteroatoms. The molecule has 0 saturated heterocycles. The van der Waals surface area contributed by atoms with Crippen molar-refractivity contribution in [2.45, 2.75) is 76.3 Å².